The van der Waals surface area contributed by atoms with Gasteiger partial charge in [-0.05, 0) is 35.8 Å². The van der Waals surface area contributed by atoms with Crippen molar-refractivity contribution in [3.63, 3.8) is 0 Å². The van der Waals surface area contributed by atoms with Gasteiger partial charge in [-0.25, -0.2) is 0 Å². The molecule has 126 valence electrons. The minimum absolute atomic E-state index is 0.0179. The summed E-state index contributed by atoms with van der Waals surface area (Å²) in [6.07, 6.45) is 2.06. The van der Waals surface area contributed by atoms with Crippen LogP contribution < -0.4 is 0 Å². The van der Waals surface area contributed by atoms with E-state index in [-0.39, 0.29) is 23.7 Å². The van der Waals surface area contributed by atoms with Crippen molar-refractivity contribution in [1.29, 1.82) is 0 Å². The molecule has 4 heteroatoms. The van der Waals surface area contributed by atoms with Crippen molar-refractivity contribution in [2.45, 2.75) is 46.0 Å². The van der Waals surface area contributed by atoms with Crippen LogP contribution in [-0.2, 0) is 16.0 Å². The van der Waals surface area contributed by atoms with Crippen LogP contribution >= 0.6 is 0 Å². The summed E-state index contributed by atoms with van der Waals surface area (Å²) in [4.78, 5) is 25.5. The molecule has 23 heavy (non-hydrogen) atoms. The number of piperidine rings is 1. The van der Waals surface area contributed by atoms with E-state index < -0.39 is 5.97 Å². The van der Waals surface area contributed by atoms with E-state index in [1.165, 1.54) is 11.1 Å². The molecule has 1 aliphatic rings. The van der Waals surface area contributed by atoms with Crippen molar-refractivity contribution in [3.8, 4) is 0 Å². The minimum atomic E-state index is -0.742. The molecule has 4 nitrogen and oxygen atoms in total. The van der Waals surface area contributed by atoms with Gasteiger partial charge < -0.3 is 10.0 Å². The quantitative estimate of drug-likeness (QED) is 0.906. The molecule has 2 rings (SSSR count). The number of carbonyl (C=O) groups is 2. The van der Waals surface area contributed by atoms with Gasteiger partial charge >= 0.3 is 5.97 Å². The highest BCUT2D eigenvalue weighted by Gasteiger charge is 2.33. The second-order valence-corrected chi connectivity index (χ2v) is 6.75. The maximum absolute atomic E-state index is 12.5. The summed E-state index contributed by atoms with van der Waals surface area (Å²) in [5.74, 6) is -0.731. The molecule has 3 unspecified atom stereocenters. The number of carbonyl (C=O) groups excluding carboxylic acids is 1. The molecule has 1 saturated heterocycles. The van der Waals surface area contributed by atoms with Crippen LogP contribution in [0.5, 0.6) is 0 Å². The molecule has 1 N–H and O–H groups in total. The molecule has 1 aromatic carbocycles. The Morgan fingerprint density at radius 2 is 1.96 bits per heavy atom. The molecule has 0 bridgehead atoms. The zero-order valence-electron chi connectivity index (χ0n) is 14.3. The van der Waals surface area contributed by atoms with Gasteiger partial charge in [0.2, 0.25) is 5.91 Å². The van der Waals surface area contributed by atoms with Crippen LogP contribution in [0, 0.1) is 11.8 Å². The number of amides is 1. The fourth-order valence-electron chi connectivity index (χ4n) is 3.33. The summed E-state index contributed by atoms with van der Waals surface area (Å²) in [5, 5.41) is 9.17. The molecule has 0 aromatic heterocycles. The Labute approximate surface area is 138 Å². The molecule has 0 spiro atoms. The Morgan fingerprint density at radius 1 is 1.30 bits per heavy atom. The van der Waals surface area contributed by atoms with E-state index in [4.69, 9.17) is 5.11 Å². The third-order valence-corrected chi connectivity index (χ3v) is 5.01. The van der Waals surface area contributed by atoms with Crippen LogP contribution in [-0.4, -0.2) is 35.0 Å². The van der Waals surface area contributed by atoms with Crippen LogP contribution in [0.2, 0.25) is 0 Å². The fourth-order valence-corrected chi connectivity index (χ4v) is 3.33. The van der Waals surface area contributed by atoms with E-state index in [0.717, 1.165) is 6.42 Å². The Kier molecular flexibility index (Phi) is 5.80. The third kappa shape index (κ3) is 4.34. The zero-order valence-corrected chi connectivity index (χ0v) is 14.3. The molecule has 1 aliphatic heterocycles. The van der Waals surface area contributed by atoms with Gasteiger partial charge in [-0.2, -0.15) is 0 Å². The first-order valence-corrected chi connectivity index (χ1v) is 8.51. The van der Waals surface area contributed by atoms with Gasteiger partial charge in [0.05, 0.1) is 5.92 Å². The summed E-state index contributed by atoms with van der Waals surface area (Å²) in [6, 6.07) is 8.46. The van der Waals surface area contributed by atoms with Crippen molar-refractivity contribution in [1.82, 2.24) is 4.90 Å². The molecule has 1 aromatic rings. The number of hydrogen-bond acceptors (Lipinski definition) is 2. The van der Waals surface area contributed by atoms with Crippen LogP contribution in [0.3, 0.4) is 0 Å². The SMILES string of the molecule is CCc1ccc(C(C)CC(=O)N2CCC(C(=O)O)C(C)C2)cc1. The lowest BCUT2D eigenvalue weighted by Gasteiger charge is -2.35. The van der Waals surface area contributed by atoms with Crippen LogP contribution in [0.4, 0.5) is 0 Å². The lowest BCUT2D eigenvalue weighted by Crippen LogP contribution is -2.45. The molecule has 0 aliphatic carbocycles. The maximum Gasteiger partial charge on any atom is 0.306 e. The number of carboxylic acids is 1. The number of likely N-dealkylation sites (tertiary alicyclic amines) is 1. The van der Waals surface area contributed by atoms with Gasteiger partial charge in [0.25, 0.3) is 0 Å². The topological polar surface area (TPSA) is 57.6 Å². The number of aryl methyl sites for hydroxylation is 1. The number of carboxylic acid groups (broad SMARTS) is 1. The highest BCUT2D eigenvalue weighted by Crippen LogP contribution is 2.26. The third-order valence-electron chi connectivity index (χ3n) is 5.01. The first-order valence-electron chi connectivity index (χ1n) is 8.51. The monoisotopic (exact) mass is 317 g/mol. The number of benzene rings is 1. The van der Waals surface area contributed by atoms with Crippen LogP contribution in [0.1, 0.15) is 50.7 Å². The fraction of sp³-hybridized carbons (Fsp3) is 0.579. The Balaban J connectivity index is 1.92. The second kappa shape index (κ2) is 7.62. The molecule has 1 fully saturated rings. The molecule has 0 radical (unpaired) electrons. The molecular weight excluding hydrogens is 290 g/mol. The summed E-state index contributed by atoms with van der Waals surface area (Å²) < 4.78 is 0. The average Bonchev–Trinajstić information content (AvgIpc) is 2.54. The normalized spacial score (nSPS) is 22.7. The number of hydrogen-bond donors (Lipinski definition) is 1. The number of rotatable bonds is 5. The van der Waals surface area contributed by atoms with Crippen molar-refractivity contribution in [2.24, 2.45) is 11.8 Å². The van der Waals surface area contributed by atoms with E-state index in [0.29, 0.717) is 25.9 Å². The van der Waals surface area contributed by atoms with Crippen molar-refractivity contribution < 1.29 is 14.7 Å². The van der Waals surface area contributed by atoms with E-state index in [9.17, 15) is 9.59 Å². The van der Waals surface area contributed by atoms with Crippen molar-refractivity contribution >= 4 is 11.9 Å². The zero-order chi connectivity index (χ0) is 17.0. The van der Waals surface area contributed by atoms with Crippen molar-refractivity contribution in [2.75, 3.05) is 13.1 Å². The van der Waals surface area contributed by atoms with E-state index in [2.05, 4.69) is 38.1 Å². The largest absolute Gasteiger partial charge is 0.481 e. The average molecular weight is 317 g/mol. The van der Waals surface area contributed by atoms with Gasteiger partial charge in [-0.15, -0.1) is 0 Å². The second-order valence-electron chi connectivity index (χ2n) is 6.75. The number of aliphatic carboxylic acids is 1. The molecule has 1 heterocycles. The highest BCUT2D eigenvalue weighted by molar-refractivity contribution is 5.78. The summed E-state index contributed by atoms with van der Waals surface area (Å²) in [7, 11) is 0. The van der Waals surface area contributed by atoms with E-state index in [1.807, 2.05) is 11.8 Å². The Bertz CT molecular complexity index is 552. The highest BCUT2D eigenvalue weighted by atomic mass is 16.4. The van der Waals surface area contributed by atoms with Crippen molar-refractivity contribution in [3.05, 3.63) is 35.4 Å². The Hall–Kier alpha value is -1.84. The standard InChI is InChI=1S/C19H27NO3/c1-4-15-5-7-16(8-6-15)13(2)11-18(21)20-10-9-17(19(22)23)14(3)12-20/h5-8,13-14,17H,4,9-12H2,1-3H3,(H,22,23). The van der Waals surface area contributed by atoms with Gasteiger partial charge in [0, 0.05) is 19.5 Å². The summed E-state index contributed by atoms with van der Waals surface area (Å²) >= 11 is 0. The summed E-state index contributed by atoms with van der Waals surface area (Å²) in [6.45, 7) is 7.24. The van der Waals surface area contributed by atoms with Crippen LogP contribution in [0.15, 0.2) is 24.3 Å². The molecule has 0 saturated carbocycles. The van der Waals surface area contributed by atoms with Gasteiger partial charge in [-0.3, -0.25) is 9.59 Å². The first-order chi connectivity index (χ1) is 10.9. The minimum Gasteiger partial charge on any atom is -0.481 e. The van der Waals surface area contributed by atoms with E-state index >= 15 is 0 Å². The maximum atomic E-state index is 12.5. The smallest absolute Gasteiger partial charge is 0.306 e. The predicted octanol–water partition coefficient (Wildman–Crippen LogP) is 3.31. The summed E-state index contributed by atoms with van der Waals surface area (Å²) in [5.41, 5.74) is 2.49. The first kappa shape index (κ1) is 17.5. The van der Waals surface area contributed by atoms with Gasteiger partial charge in [-0.1, -0.05) is 45.0 Å². The predicted molar refractivity (Wildman–Crippen MR) is 90.3 cm³/mol. The lowest BCUT2D eigenvalue weighted by molar-refractivity contribution is -0.148. The van der Waals surface area contributed by atoms with Crippen LogP contribution in [0.25, 0.3) is 0 Å². The molecular formula is C19H27NO3. The molecule has 1 amide bonds. The van der Waals surface area contributed by atoms with Gasteiger partial charge in [0.15, 0.2) is 0 Å². The lowest BCUT2D eigenvalue weighted by atomic mass is 9.86. The Morgan fingerprint density at radius 3 is 2.48 bits per heavy atom. The van der Waals surface area contributed by atoms with Gasteiger partial charge in [0.1, 0.15) is 0 Å². The van der Waals surface area contributed by atoms with E-state index in [1.54, 1.807) is 0 Å². The number of nitrogens with zero attached hydrogens (tertiary/aromatic N) is 1. The molecule has 3 atom stereocenters.